The van der Waals surface area contributed by atoms with Crippen LogP contribution < -0.4 is 14.8 Å². The van der Waals surface area contributed by atoms with Crippen LogP contribution in [0.25, 0.3) is 22.3 Å². The molecule has 0 bridgehead atoms. The fourth-order valence-corrected chi connectivity index (χ4v) is 4.16. The van der Waals surface area contributed by atoms with Gasteiger partial charge < -0.3 is 19.2 Å². The fraction of sp³-hybridized carbons (Fsp3) is 0.292. The van der Waals surface area contributed by atoms with Crippen LogP contribution in [0, 0.1) is 13.8 Å². The number of nitrogens with one attached hydrogen (secondary N) is 1. The van der Waals surface area contributed by atoms with Crippen molar-refractivity contribution >= 4 is 34.2 Å². The molecule has 8 nitrogen and oxygen atoms in total. The minimum absolute atomic E-state index is 0.0700. The first-order chi connectivity index (χ1) is 15.8. The van der Waals surface area contributed by atoms with Crippen molar-refractivity contribution in [1.82, 2.24) is 14.8 Å². The molecule has 0 unspecified atom stereocenters. The van der Waals surface area contributed by atoms with Gasteiger partial charge in [-0.1, -0.05) is 11.6 Å². The molecule has 170 valence electrons. The lowest BCUT2D eigenvalue weighted by molar-refractivity contribution is 0.102. The second-order valence-electron chi connectivity index (χ2n) is 8.23. The maximum absolute atomic E-state index is 13.5. The average Bonchev–Trinajstić information content (AvgIpc) is 3.36. The number of hydrogen-bond donors (Lipinski definition) is 1. The number of nitrogens with zero attached hydrogens (tertiary/aromatic N) is 3. The van der Waals surface area contributed by atoms with Gasteiger partial charge in [0.05, 0.1) is 33.6 Å². The summed E-state index contributed by atoms with van der Waals surface area (Å²) in [5.41, 5.74) is 2.96. The SMILES string of the molecule is Cc1cc(-c2cc(C(=O)Nc3cc4c(cc3Cl)OCCO4)c3cnn(C(C)C)c3n2)c(C)o1. The Balaban J connectivity index is 1.61. The zero-order valence-corrected chi connectivity index (χ0v) is 19.5. The molecule has 33 heavy (non-hydrogen) atoms. The van der Waals surface area contributed by atoms with Crippen LogP contribution in [0.4, 0.5) is 5.69 Å². The molecular formula is C24H23ClN4O4. The summed E-state index contributed by atoms with van der Waals surface area (Å²) in [7, 11) is 0. The highest BCUT2D eigenvalue weighted by molar-refractivity contribution is 6.34. The molecule has 0 saturated heterocycles. The van der Waals surface area contributed by atoms with Crippen LogP contribution in [0.15, 0.2) is 34.9 Å². The molecule has 0 aliphatic carbocycles. The van der Waals surface area contributed by atoms with Crippen molar-refractivity contribution < 1.29 is 18.7 Å². The summed E-state index contributed by atoms with van der Waals surface area (Å²) < 4.78 is 18.7. The number of carbonyl (C=O) groups excluding carboxylic acids is 1. The van der Waals surface area contributed by atoms with Gasteiger partial charge in [0.15, 0.2) is 17.1 Å². The molecule has 0 fully saturated rings. The van der Waals surface area contributed by atoms with E-state index in [1.54, 1.807) is 29.1 Å². The number of amides is 1. The number of pyridine rings is 1. The van der Waals surface area contributed by atoms with E-state index in [4.69, 9.17) is 30.5 Å². The molecule has 1 aliphatic rings. The van der Waals surface area contributed by atoms with Crippen LogP contribution in [0.2, 0.25) is 5.02 Å². The predicted octanol–water partition coefficient (Wildman–Crippen LogP) is 5.57. The topological polar surface area (TPSA) is 91.4 Å². The van der Waals surface area contributed by atoms with Crippen LogP contribution in [0.5, 0.6) is 11.5 Å². The van der Waals surface area contributed by atoms with Crippen molar-refractivity contribution in [3.63, 3.8) is 0 Å². The molecule has 0 spiro atoms. The van der Waals surface area contributed by atoms with E-state index >= 15 is 0 Å². The first-order valence-corrected chi connectivity index (χ1v) is 11.1. The summed E-state index contributed by atoms with van der Waals surface area (Å²) in [6.07, 6.45) is 1.67. The number of fused-ring (bicyclic) bond motifs is 2. The largest absolute Gasteiger partial charge is 0.486 e. The first-order valence-electron chi connectivity index (χ1n) is 10.7. The van der Waals surface area contributed by atoms with E-state index in [-0.39, 0.29) is 11.9 Å². The molecular weight excluding hydrogens is 444 g/mol. The van der Waals surface area contributed by atoms with E-state index in [1.807, 2.05) is 33.8 Å². The van der Waals surface area contributed by atoms with Gasteiger partial charge in [0.2, 0.25) is 0 Å². The molecule has 0 radical (unpaired) electrons. The van der Waals surface area contributed by atoms with Crippen molar-refractivity contribution in [2.24, 2.45) is 0 Å². The summed E-state index contributed by atoms with van der Waals surface area (Å²) in [6, 6.07) is 7.06. The fourth-order valence-electron chi connectivity index (χ4n) is 3.96. The Morgan fingerprint density at radius 3 is 2.52 bits per heavy atom. The van der Waals surface area contributed by atoms with Crippen LogP contribution in [-0.4, -0.2) is 33.9 Å². The van der Waals surface area contributed by atoms with Crippen molar-refractivity contribution in [2.45, 2.75) is 33.7 Å². The molecule has 4 heterocycles. The number of aromatic nitrogens is 3. The Kier molecular flexibility index (Phi) is 5.25. The summed E-state index contributed by atoms with van der Waals surface area (Å²) in [4.78, 5) is 18.3. The summed E-state index contributed by atoms with van der Waals surface area (Å²) in [5.74, 6) is 2.27. The quantitative estimate of drug-likeness (QED) is 0.423. The third kappa shape index (κ3) is 3.80. The standard InChI is InChI=1S/C24H23ClN4O4/c1-12(2)29-23-17(11-26-29)16(8-19(27-23)15-7-13(3)33-14(15)4)24(30)28-20-10-22-21(9-18(20)25)31-5-6-32-22/h7-12H,5-6H2,1-4H3,(H,28,30). The number of anilines is 1. The third-order valence-corrected chi connectivity index (χ3v) is 5.81. The zero-order valence-electron chi connectivity index (χ0n) is 18.7. The predicted molar refractivity (Wildman–Crippen MR) is 125 cm³/mol. The molecule has 0 atom stereocenters. The van der Waals surface area contributed by atoms with Crippen molar-refractivity contribution in [3.05, 3.63) is 52.6 Å². The van der Waals surface area contributed by atoms with E-state index in [2.05, 4.69) is 10.4 Å². The number of hydrogen-bond acceptors (Lipinski definition) is 6. The number of aryl methyl sites for hydroxylation is 2. The number of rotatable bonds is 4. The lowest BCUT2D eigenvalue weighted by Gasteiger charge is -2.20. The minimum atomic E-state index is -0.330. The van der Waals surface area contributed by atoms with Gasteiger partial charge in [-0.15, -0.1) is 0 Å². The number of ether oxygens (including phenoxy) is 2. The van der Waals surface area contributed by atoms with E-state index in [0.717, 1.165) is 17.1 Å². The third-order valence-electron chi connectivity index (χ3n) is 5.50. The Labute approximate surface area is 195 Å². The van der Waals surface area contributed by atoms with Crippen LogP contribution in [0.3, 0.4) is 0 Å². The average molecular weight is 467 g/mol. The molecule has 5 rings (SSSR count). The highest BCUT2D eigenvalue weighted by Gasteiger charge is 2.22. The van der Waals surface area contributed by atoms with E-state index in [0.29, 0.717) is 57.7 Å². The molecule has 1 N–H and O–H groups in total. The Morgan fingerprint density at radius 1 is 1.12 bits per heavy atom. The van der Waals surface area contributed by atoms with Crippen LogP contribution in [-0.2, 0) is 0 Å². The number of halogens is 1. The van der Waals surface area contributed by atoms with Gasteiger partial charge in [0.25, 0.3) is 5.91 Å². The number of furan rings is 1. The second-order valence-corrected chi connectivity index (χ2v) is 8.64. The molecule has 0 saturated carbocycles. The van der Waals surface area contributed by atoms with Gasteiger partial charge in [0.1, 0.15) is 24.7 Å². The Bertz CT molecular complexity index is 1390. The summed E-state index contributed by atoms with van der Waals surface area (Å²) in [5, 5.41) is 8.39. The highest BCUT2D eigenvalue weighted by Crippen LogP contribution is 2.38. The van der Waals surface area contributed by atoms with Gasteiger partial charge in [-0.25, -0.2) is 9.67 Å². The lowest BCUT2D eigenvalue weighted by atomic mass is 10.1. The molecule has 4 aromatic rings. The van der Waals surface area contributed by atoms with Gasteiger partial charge in [-0.05, 0) is 39.8 Å². The lowest BCUT2D eigenvalue weighted by Crippen LogP contribution is -2.17. The van der Waals surface area contributed by atoms with E-state index < -0.39 is 0 Å². The molecule has 1 aromatic carbocycles. The molecule has 9 heteroatoms. The molecule has 3 aromatic heterocycles. The van der Waals surface area contributed by atoms with Gasteiger partial charge in [-0.3, -0.25) is 4.79 Å². The minimum Gasteiger partial charge on any atom is -0.486 e. The Hall–Kier alpha value is -3.52. The van der Waals surface area contributed by atoms with Crippen molar-refractivity contribution in [1.29, 1.82) is 0 Å². The summed E-state index contributed by atoms with van der Waals surface area (Å²) >= 11 is 6.42. The molecule has 1 amide bonds. The normalized spacial score (nSPS) is 13.0. The van der Waals surface area contributed by atoms with Gasteiger partial charge in [0, 0.05) is 23.7 Å². The monoisotopic (exact) mass is 466 g/mol. The summed E-state index contributed by atoms with van der Waals surface area (Å²) in [6.45, 7) is 8.69. The van der Waals surface area contributed by atoms with Gasteiger partial charge >= 0.3 is 0 Å². The van der Waals surface area contributed by atoms with Gasteiger partial charge in [-0.2, -0.15) is 5.10 Å². The van der Waals surface area contributed by atoms with E-state index in [1.165, 1.54) is 0 Å². The maximum atomic E-state index is 13.5. The smallest absolute Gasteiger partial charge is 0.256 e. The van der Waals surface area contributed by atoms with Crippen LogP contribution >= 0.6 is 11.6 Å². The number of benzene rings is 1. The Morgan fingerprint density at radius 2 is 1.85 bits per heavy atom. The van der Waals surface area contributed by atoms with Crippen LogP contribution in [0.1, 0.15) is 41.8 Å². The first kappa shape index (κ1) is 21.3. The number of carbonyl (C=O) groups is 1. The maximum Gasteiger partial charge on any atom is 0.256 e. The van der Waals surface area contributed by atoms with E-state index in [9.17, 15) is 4.79 Å². The molecule has 1 aliphatic heterocycles. The van der Waals surface area contributed by atoms with Crippen molar-refractivity contribution in [3.8, 4) is 22.8 Å². The second kappa shape index (κ2) is 8.12. The van der Waals surface area contributed by atoms with Crippen molar-refractivity contribution in [2.75, 3.05) is 18.5 Å². The zero-order chi connectivity index (χ0) is 23.3. The highest BCUT2D eigenvalue weighted by atomic mass is 35.5.